The smallest absolute Gasteiger partial charge is 0.148 e. The van der Waals surface area contributed by atoms with Gasteiger partial charge in [0.2, 0.25) is 0 Å². The van der Waals surface area contributed by atoms with Crippen molar-refractivity contribution in [1.29, 1.82) is 0 Å². The molecule has 106 valence electrons. The highest BCUT2D eigenvalue weighted by Gasteiger charge is 2.10. The zero-order chi connectivity index (χ0) is 14.7. The van der Waals surface area contributed by atoms with Crippen LogP contribution < -0.4 is 21.3 Å². The molecule has 20 heavy (non-hydrogen) atoms. The lowest BCUT2D eigenvalue weighted by Crippen LogP contribution is -2.13. The molecule has 0 bridgehead atoms. The fourth-order valence-electron chi connectivity index (χ4n) is 1.92. The van der Waals surface area contributed by atoms with Gasteiger partial charge in [0.25, 0.3) is 0 Å². The Labute approximate surface area is 118 Å². The Morgan fingerprint density at radius 2 is 1.80 bits per heavy atom. The van der Waals surface area contributed by atoms with Gasteiger partial charge in [-0.3, -0.25) is 0 Å². The van der Waals surface area contributed by atoms with Crippen LogP contribution in [0.3, 0.4) is 0 Å². The van der Waals surface area contributed by atoms with E-state index in [2.05, 4.69) is 20.7 Å². The first-order chi connectivity index (χ1) is 9.55. The summed E-state index contributed by atoms with van der Waals surface area (Å²) >= 11 is 0. The molecular weight excluding hydrogens is 254 g/mol. The van der Waals surface area contributed by atoms with E-state index in [0.29, 0.717) is 11.6 Å². The summed E-state index contributed by atoms with van der Waals surface area (Å²) in [5.74, 6) is 8.29. The molecule has 1 aromatic carbocycles. The minimum atomic E-state index is 0.617. The molecule has 0 atom stereocenters. The lowest BCUT2D eigenvalue weighted by molar-refractivity contribution is 0.414. The van der Waals surface area contributed by atoms with Gasteiger partial charge in [0.1, 0.15) is 23.2 Å². The van der Waals surface area contributed by atoms with Crippen molar-refractivity contribution in [2.24, 2.45) is 5.84 Å². The molecule has 0 aliphatic rings. The molecule has 0 spiro atoms. The third kappa shape index (κ3) is 2.80. The highest BCUT2D eigenvalue weighted by atomic mass is 16.5. The number of nitrogens with two attached hydrogens (primary N) is 1. The minimum absolute atomic E-state index is 0.617. The Balaban J connectivity index is 2.37. The first kappa shape index (κ1) is 14.1. The van der Waals surface area contributed by atoms with Gasteiger partial charge in [0, 0.05) is 11.3 Å². The number of hydrazine groups is 1. The molecule has 0 unspecified atom stereocenters. The maximum absolute atomic E-state index is 5.47. The molecule has 6 nitrogen and oxygen atoms in total. The summed E-state index contributed by atoms with van der Waals surface area (Å²) < 4.78 is 5.20. The molecule has 0 aliphatic heterocycles. The van der Waals surface area contributed by atoms with E-state index in [9.17, 15) is 0 Å². The van der Waals surface area contributed by atoms with Crippen LogP contribution in [-0.2, 0) is 0 Å². The standard InChI is InChI=1S/C14H19N5O/c1-8-7-11(20-4)5-6-12(8)18-13-9(2)14(19-15)17-10(3)16-13/h5-7H,15H2,1-4H3,(H2,16,17,18,19). The fourth-order valence-corrected chi connectivity index (χ4v) is 1.92. The number of nitrogens with one attached hydrogen (secondary N) is 2. The summed E-state index contributed by atoms with van der Waals surface area (Å²) in [5.41, 5.74) is 5.49. The van der Waals surface area contributed by atoms with E-state index in [-0.39, 0.29) is 0 Å². The van der Waals surface area contributed by atoms with Crippen LogP contribution in [0.15, 0.2) is 18.2 Å². The van der Waals surface area contributed by atoms with Crippen LogP contribution in [0.1, 0.15) is 17.0 Å². The number of methoxy groups -OCH3 is 1. The summed E-state index contributed by atoms with van der Waals surface area (Å²) in [6, 6.07) is 5.83. The molecule has 0 radical (unpaired) electrons. The van der Waals surface area contributed by atoms with Crippen LogP contribution in [-0.4, -0.2) is 17.1 Å². The lowest BCUT2D eigenvalue weighted by Gasteiger charge is -2.14. The molecule has 0 amide bonds. The van der Waals surface area contributed by atoms with Gasteiger partial charge in [-0.25, -0.2) is 15.8 Å². The summed E-state index contributed by atoms with van der Waals surface area (Å²) in [6.45, 7) is 5.75. The summed E-state index contributed by atoms with van der Waals surface area (Å²) in [7, 11) is 1.65. The molecule has 2 rings (SSSR count). The topological polar surface area (TPSA) is 85.1 Å². The van der Waals surface area contributed by atoms with Crippen molar-refractivity contribution in [2.45, 2.75) is 20.8 Å². The normalized spacial score (nSPS) is 10.2. The maximum Gasteiger partial charge on any atom is 0.148 e. The zero-order valence-corrected chi connectivity index (χ0v) is 12.1. The van der Waals surface area contributed by atoms with E-state index in [1.165, 1.54) is 0 Å². The maximum atomic E-state index is 5.47. The lowest BCUT2D eigenvalue weighted by atomic mass is 10.2. The number of nitrogens with zero attached hydrogens (tertiary/aromatic N) is 2. The van der Waals surface area contributed by atoms with Crippen LogP contribution >= 0.6 is 0 Å². The molecule has 0 saturated heterocycles. The number of anilines is 3. The molecular formula is C14H19N5O. The van der Waals surface area contributed by atoms with E-state index in [1.54, 1.807) is 7.11 Å². The van der Waals surface area contributed by atoms with Crippen LogP contribution in [0.4, 0.5) is 17.3 Å². The van der Waals surface area contributed by atoms with Crippen LogP contribution in [0.25, 0.3) is 0 Å². The van der Waals surface area contributed by atoms with Crippen molar-refractivity contribution in [1.82, 2.24) is 9.97 Å². The fraction of sp³-hybridized carbons (Fsp3) is 0.286. The first-order valence-corrected chi connectivity index (χ1v) is 6.28. The van der Waals surface area contributed by atoms with Crippen molar-refractivity contribution in [3.63, 3.8) is 0 Å². The number of aromatic nitrogens is 2. The van der Waals surface area contributed by atoms with Crippen molar-refractivity contribution in [3.8, 4) is 5.75 Å². The third-order valence-corrected chi connectivity index (χ3v) is 3.08. The predicted molar refractivity (Wildman–Crippen MR) is 80.3 cm³/mol. The van der Waals surface area contributed by atoms with Gasteiger partial charge >= 0.3 is 0 Å². The third-order valence-electron chi connectivity index (χ3n) is 3.08. The van der Waals surface area contributed by atoms with Gasteiger partial charge in [-0.1, -0.05) is 0 Å². The van der Waals surface area contributed by atoms with E-state index < -0.39 is 0 Å². The van der Waals surface area contributed by atoms with E-state index in [4.69, 9.17) is 10.6 Å². The monoisotopic (exact) mass is 273 g/mol. The van der Waals surface area contributed by atoms with Crippen molar-refractivity contribution < 1.29 is 4.74 Å². The average Bonchev–Trinajstić information content (AvgIpc) is 2.44. The second-order valence-corrected chi connectivity index (χ2v) is 4.54. The van der Waals surface area contributed by atoms with Gasteiger partial charge in [0.15, 0.2) is 0 Å². The van der Waals surface area contributed by atoms with Gasteiger partial charge in [0.05, 0.1) is 7.11 Å². The van der Waals surface area contributed by atoms with E-state index in [1.807, 2.05) is 39.0 Å². The van der Waals surface area contributed by atoms with Crippen LogP contribution in [0.2, 0.25) is 0 Å². The van der Waals surface area contributed by atoms with Crippen molar-refractivity contribution >= 4 is 17.3 Å². The van der Waals surface area contributed by atoms with Crippen molar-refractivity contribution in [3.05, 3.63) is 35.2 Å². The van der Waals surface area contributed by atoms with Crippen LogP contribution in [0.5, 0.6) is 5.75 Å². The Bertz CT molecular complexity index is 627. The highest BCUT2D eigenvalue weighted by Crippen LogP contribution is 2.27. The van der Waals surface area contributed by atoms with Crippen LogP contribution in [0, 0.1) is 20.8 Å². The average molecular weight is 273 g/mol. The van der Waals surface area contributed by atoms with Gasteiger partial charge in [-0.15, -0.1) is 0 Å². The molecule has 0 saturated carbocycles. The number of benzene rings is 1. The second-order valence-electron chi connectivity index (χ2n) is 4.54. The van der Waals surface area contributed by atoms with Gasteiger partial charge < -0.3 is 15.5 Å². The first-order valence-electron chi connectivity index (χ1n) is 6.28. The number of rotatable bonds is 4. The quantitative estimate of drug-likeness (QED) is 0.586. The summed E-state index contributed by atoms with van der Waals surface area (Å²) in [5, 5.41) is 3.31. The molecule has 0 aliphatic carbocycles. The molecule has 6 heteroatoms. The number of hydrogen-bond acceptors (Lipinski definition) is 6. The minimum Gasteiger partial charge on any atom is -0.497 e. The van der Waals surface area contributed by atoms with Gasteiger partial charge in [-0.05, 0) is 44.5 Å². The molecule has 0 fully saturated rings. The van der Waals surface area contributed by atoms with E-state index in [0.717, 1.165) is 28.4 Å². The number of ether oxygens (including phenoxy) is 1. The molecule has 1 aromatic heterocycles. The summed E-state index contributed by atoms with van der Waals surface area (Å²) in [6.07, 6.45) is 0. The highest BCUT2D eigenvalue weighted by molar-refractivity contribution is 5.67. The van der Waals surface area contributed by atoms with Crippen molar-refractivity contribution in [2.75, 3.05) is 17.9 Å². The van der Waals surface area contributed by atoms with E-state index >= 15 is 0 Å². The Morgan fingerprint density at radius 3 is 2.40 bits per heavy atom. The predicted octanol–water partition coefficient (Wildman–Crippen LogP) is 2.44. The number of aryl methyl sites for hydroxylation is 2. The SMILES string of the molecule is COc1ccc(Nc2nc(C)nc(NN)c2C)c(C)c1. The summed E-state index contributed by atoms with van der Waals surface area (Å²) in [4.78, 5) is 8.65. The molecule has 4 N–H and O–H groups in total. The second kappa shape index (κ2) is 5.75. The van der Waals surface area contributed by atoms with Gasteiger partial charge in [-0.2, -0.15) is 0 Å². The Morgan fingerprint density at radius 1 is 1.10 bits per heavy atom. The largest absolute Gasteiger partial charge is 0.497 e. The molecule has 1 heterocycles. The number of nitrogen functional groups attached to an aromatic ring is 1. The molecule has 2 aromatic rings. The zero-order valence-electron chi connectivity index (χ0n) is 12.1. The Hall–Kier alpha value is -2.34. The Kier molecular flexibility index (Phi) is 4.05. The number of hydrogen-bond donors (Lipinski definition) is 3.